The van der Waals surface area contributed by atoms with Crippen molar-refractivity contribution in [3.8, 4) is 0 Å². The minimum atomic E-state index is -2.82. The lowest BCUT2D eigenvalue weighted by atomic mass is 9.96. The highest BCUT2D eigenvalue weighted by molar-refractivity contribution is 5.88. The number of rotatable bonds is 5. The Balaban J connectivity index is 1.25. The molecule has 0 saturated carbocycles. The van der Waals surface area contributed by atoms with Gasteiger partial charge in [0.2, 0.25) is 29.1 Å². The molecule has 3 aliphatic rings. The maximum atomic E-state index is 16.4. The summed E-state index contributed by atoms with van der Waals surface area (Å²) in [4.78, 5) is 9.45. The number of benzene rings is 5. The van der Waals surface area contributed by atoms with Crippen LogP contribution >= 0.6 is 0 Å². The van der Waals surface area contributed by atoms with Crippen LogP contribution in [-0.2, 0) is 0 Å². The predicted octanol–water partition coefficient (Wildman–Crippen LogP) is 12.2. The number of H-pyrrole nitrogens is 4. The standard InChI is InChI=1S/C60H21F25N6/c61-36-31(37(62)47(72)56(81)46(36)71)26-16-3-1-14(86-16)13-15-2-4-17(87-15)27(32-38(63)48(73)57(82)49(74)39(32)64)19-6-8-21(89-19)29(34-42(67)52(77)59(84)53(78)43(34)68)23-10-12-25(91-23)30(35-44(69)54(79)60(85)55(80)45(35)70)24-11-9-22(90-24)28(20-7-5-18(26)88-20)33-40(65)50(75)58(83)51(76)41(33)66/h1-13,16,23,86-91H/b14-13-,26-18+,27-19+,28-20+,29-21+,30-25-. The van der Waals surface area contributed by atoms with E-state index in [9.17, 15) is 22.0 Å². The molecule has 6 nitrogen and oxygen atoms in total. The molecule has 12 bridgehead atoms. The van der Waals surface area contributed by atoms with Gasteiger partial charge in [0.1, 0.15) is 0 Å². The molecule has 0 radical (unpaired) electrons. The van der Waals surface area contributed by atoms with E-state index in [0.29, 0.717) is 48.6 Å². The molecule has 2 atom stereocenters. The minimum absolute atomic E-state index is 0.273. The lowest BCUT2D eigenvalue weighted by Gasteiger charge is -2.20. The van der Waals surface area contributed by atoms with Gasteiger partial charge in [0.15, 0.2) is 116 Å². The van der Waals surface area contributed by atoms with Gasteiger partial charge in [-0.05, 0) is 66.8 Å². The maximum absolute atomic E-state index is 16.4. The molecule has 9 aromatic rings. The second-order valence-corrected chi connectivity index (χ2v) is 19.8. The molecular weight excluding hydrogens is 1280 g/mol. The summed E-state index contributed by atoms with van der Waals surface area (Å²) in [5, 5.41) is 1.28. The number of aromatic amines is 4. The molecular formula is C60H21F25N6. The summed E-state index contributed by atoms with van der Waals surface area (Å²) in [5.74, 6) is -66.7. The molecule has 6 N–H and O–H groups in total. The highest BCUT2D eigenvalue weighted by Gasteiger charge is 2.39. The van der Waals surface area contributed by atoms with E-state index in [4.69, 9.17) is 0 Å². The second-order valence-electron chi connectivity index (χ2n) is 19.8. The molecule has 91 heavy (non-hydrogen) atoms. The highest BCUT2D eigenvalue weighted by atomic mass is 19.2. The number of halogens is 25. The lowest BCUT2D eigenvalue weighted by Crippen LogP contribution is -2.31. The number of hydrogen-bond donors (Lipinski definition) is 6. The molecule has 4 aromatic heterocycles. The van der Waals surface area contributed by atoms with Crippen LogP contribution < -0.4 is 32.0 Å². The van der Waals surface area contributed by atoms with Crippen LogP contribution in [0.2, 0.25) is 0 Å². The summed E-state index contributed by atoms with van der Waals surface area (Å²) < 4.78 is 389. The van der Waals surface area contributed by atoms with E-state index in [1.807, 2.05) is 0 Å². The van der Waals surface area contributed by atoms with E-state index >= 15 is 87.8 Å². The minimum Gasteiger partial charge on any atom is -0.375 e. The van der Waals surface area contributed by atoms with Crippen LogP contribution in [0, 0.1) is 145 Å². The third-order valence-electron chi connectivity index (χ3n) is 14.8. The first-order valence-electron chi connectivity index (χ1n) is 25.3. The number of nitrogens with one attached hydrogen (secondary N) is 6. The van der Waals surface area contributed by atoms with Crippen molar-refractivity contribution < 1.29 is 110 Å². The van der Waals surface area contributed by atoms with Gasteiger partial charge < -0.3 is 30.6 Å². The molecule has 12 rings (SSSR count). The first-order valence-corrected chi connectivity index (χ1v) is 25.3. The fourth-order valence-corrected chi connectivity index (χ4v) is 10.7. The summed E-state index contributed by atoms with van der Waals surface area (Å²) in [6.45, 7) is 0. The SMILES string of the molecule is Fc1c(F)c(F)c(/C2=c3\cc/c([nH]3)=C(\c3c(F)c(F)c(F)c(F)c3F)C3C=C/C(=C(/c4c(F)c(F)c(F)c(F)c4F)c4ccc([nH]4)/C(c4c(F)c(F)c(F)c(F)c4F)=c4/cc/c([nH]4)=C(\c4c(F)c(F)c(F)c(F)c4F)C4C=C/C(=C/c5ccc2[nH]5)N4)N3)c(F)c1F. The summed E-state index contributed by atoms with van der Waals surface area (Å²) >= 11 is 0. The molecule has 0 saturated heterocycles. The van der Waals surface area contributed by atoms with Gasteiger partial charge in [0, 0.05) is 83.4 Å². The van der Waals surface area contributed by atoms with Crippen molar-refractivity contribution in [1.82, 2.24) is 30.6 Å². The van der Waals surface area contributed by atoms with Crippen molar-refractivity contribution in [2.75, 3.05) is 0 Å². The van der Waals surface area contributed by atoms with Crippen LogP contribution in [0.5, 0.6) is 0 Å². The van der Waals surface area contributed by atoms with E-state index < -0.39 is 257 Å². The first-order chi connectivity index (χ1) is 43.0. The second kappa shape index (κ2) is 21.9. The van der Waals surface area contributed by atoms with Gasteiger partial charge in [0.25, 0.3) is 0 Å². The Morgan fingerprint density at radius 1 is 0.242 bits per heavy atom. The molecule has 0 spiro atoms. The Hall–Kier alpha value is -10.5. The zero-order valence-electron chi connectivity index (χ0n) is 43.6. The Labute approximate surface area is 487 Å². The number of hydrogen-bond acceptors (Lipinski definition) is 2. The Bertz CT molecular complexity index is 5010. The zero-order valence-corrected chi connectivity index (χ0v) is 43.6. The molecule has 466 valence electrons. The largest absolute Gasteiger partial charge is 0.375 e. The fraction of sp³-hybridized carbons (Fsp3) is 0.0333. The van der Waals surface area contributed by atoms with Crippen LogP contribution in [0.3, 0.4) is 0 Å². The van der Waals surface area contributed by atoms with Gasteiger partial charge in [-0.3, -0.25) is 0 Å². The Kier molecular flexibility index (Phi) is 14.6. The van der Waals surface area contributed by atoms with Gasteiger partial charge in [-0.2, -0.15) is 0 Å². The average molecular weight is 1300 g/mol. The Morgan fingerprint density at radius 2 is 0.527 bits per heavy atom. The molecule has 31 heteroatoms. The normalized spacial score (nSPS) is 19.5. The Morgan fingerprint density at radius 3 is 0.912 bits per heavy atom. The van der Waals surface area contributed by atoms with Crippen LogP contribution in [0.1, 0.15) is 50.6 Å². The molecule has 0 aliphatic carbocycles. The third kappa shape index (κ3) is 9.23. The van der Waals surface area contributed by atoms with Gasteiger partial charge >= 0.3 is 0 Å². The van der Waals surface area contributed by atoms with Crippen LogP contribution in [0.15, 0.2) is 84.2 Å². The van der Waals surface area contributed by atoms with Crippen molar-refractivity contribution >= 4 is 33.9 Å². The van der Waals surface area contributed by atoms with E-state index in [1.165, 1.54) is 0 Å². The third-order valence-corrected chi connectivity index (χ3v) is 14.8. The van der Waals surface area contributed by atoms with Crippen molar-refractivity contribution in [3.05, 3.63) is 302 Å². The van der Waals surface area contributed by atoms with Gasteiger partial charge in [0.05, 0.1) is 39.9 Å². The van der Waals surface area contributed by atoms with Crippen LogP contribution in [0.25, 0.3) is 33.9 Å². The highest BCUT2D eigenvalue weighted by Crippen LogP contribution is 2.41. The summed E-state index contributed by atoms with van der Waals surface area (Å²) in [7, 11) is 0. The van der Waals surface area contributed by atoms with Crippen molar-refractivity contribution in [2.24, 2.45) is 0 Å². The van der Waals surface area contributed by atoms with Crippen molar-refractivity contribution in [3.63, 3.8) is 0 Å². The van der Waals surface area contributed by atoms with Crippen LogP contribution in [-0.4, -0.2) is 32.0 Å². The molecule has 2 unspecified atom stereocenters. The fourth-order valence-electron chi connectivity index (χ4n) is 10.7. The molecule has 0 fully saturated rings. The average Bonchev–Trinajstić information content (AvgIpc) is 1.73. The van der Waals surface area contributed by atoms with Gasteiger partial charge in [-0.25, -0.2) is 110 Å². The summed E-state index contributed by atoms with van der Waals surface area (Å²) in [6.07, 6.45) is 4.22. The monoisotopic (exact) mass is 1300 g/mol. The number of aromatic nitrogens is 4. The topological polar surface area (TPSA) is 87.2 Å². The van der Waals surface area contributed by atoms with Crippen molar-refractivity contribution in [2.45, 2.75) is 12.1 Å². The quantitative estimate of drug-likeness (QED) is 0.0589. The first kappa shape index (κ1) is 60.8. The van der Waals surface area contributed by atoms with E-state index in [-0.39, 0.29) is 11.4 Å². The molecule has 0 amide bonds. The molecule has 7 heterocycles. The zero-order chi connectivity index (χ0) is 65.6. The predicted molar refractivity (Wildman–Crippen MR) is 267 cm³/mol. The van der Waals surface area contributed by atoms with Gasteiger partial charge in [-0.15, -0.1) is 0 Å². The van der Waals surface area contributed by atoms with E-state index in [2.05, 4.69) is 30.6 Å². The van der Waals surface area contributed by atoms with E-state index in [0.717, 1.165) is 30.4 Å². The smallest absolute Gasteiger partial charge is 0.200 e. The van der Waals surface area contributed by atoms with Crippen molar-refractivity contribution in [1.29, 1.82) is 0 Å². The van der Waals surface area contributed by atoms with Gasteiger partial charge in [-0.1, -0.05) is 12.2 Å². The van der Waals surface area contributed by atoms with Crippen LogP contribution in [0.4, 0.5) is 110 Å². The lowest BCUT2D eigenvalue weighted by molar-refractivity contribution is 0.375. The molecule has 5 aromatic carbocycles. The molecule has 3 aliphatic heterocycles. The maximum Gasteiger partial charge on any atom is 0.200 e. The number of allylic oxidation sites excluding steroid dienone is 2. The summed E-state index contributed by atoms with van der Waals surface area (Å²) in [5.41, 5.74) is -20.0. The summed E-state index contributed by atoms with van der Waals surface area (Å²) in [6, 6.07) is 1.48. The number of fused-ring (bicyclic) bond motifs is 12. The van der Waals surface area contributed by atoms with E-state index in [1.54, 1.807) is 0 Å².